The molecule has 2 N–H and O–H groups in total. The molecule has 0 unspecified atom stereocenters. The fourth-order valence-corrected chi connectivity index (χ4v) is 3.59. The molecule has 1 amide bonds. The molecule has 1 aliphatic heterocycles. The first-order valence-corrected chi connectivity index (χ1v) is 9.10. The van der Waals surface area contributed by atoms with Crippen LogP contribution in [-0.2, 0) is 17.9 Å². The second-order valence-corrected chi connectivity index (χ2v) is 6.82. The van der Waals surface area contributed by atoms with E-state index in [1.807, 2.05) is 25.1 Å². The molecule has 7 nitrogen and oxygen atoms in total. The van der Waals surface area contributed by atoms with E-state index in [0.717, 1.165) is 59.6 Å². The molecule has 0 saturated heterocycles. The smallest absolute Gasteiger partial charge is 0.221 e. The van der Waals surface area contributed by atoms with Gasteiger partial charge in [-0.3, -0.25) is 9.48 Å². The number of pyridine rings is 1. The molecule has 0 atom stereocenters. The van der Waals surface area contributed by atoms with Gasteiger partial charge in [-0.1, -0.05) is 0 Å². The summed E-state index contributed by atoms with van der Waals surface area (Å²) in [6, 6.07) is 7.79. The fraction of sp³-hybridized carbons (Fsp3) is 0.350. The molecule has 1 aromatic carbocycles. The van der Waals surface area contributed by atoms with Gasteiger partial charge >= 0.3 is 0 Å². The molecule has 27 heavy (non-hydrogen) atoms. The van der Waals surface area contributed by atoms with Gasteiger partial charge in [-0.15, -0.1) is 0 Å². The zero-order chi connectivity index (χ0) is 19.0. The summed E-state index contributed by atoms with van der Waals surface area (Å²) in [5.41, 5.74) is 5.30. The minimum atomic E-state index is -0.115. The number of anilines is 1. The average Bonchev–Trinajstić information content (AvgIpc) is 2.92. The zero-order valence-electron chi connectivity index (χ0n) is 15.8. The molecule has 4 rings (SSSR count). The monoisotopic (exact) mass is 365 g/mol. The number of carbonyl (C=O) groups is 1. The lowest BCUT2D eigenvalue weighted by atomic mass is 10.0. The standard InChI is InChI=1S/C20H23N5O2/c1-12-9-16(17-10-14-11-21-7-4-8-25(14)24-17)23-20-18(27-3)6-5-15(19(12)20)22-13(2)26/h5-6,9-10,21H,4,7-8,11H2,1-3H3,(H,22,26). The van der Waals surface area contributed by atoms with Crippen LogP contribution in [0.1, 0.15) is 24.6 Å². The van der Waals surface area contributed by atoms with Crippen molar-refractivity contribution >= 4 is 22.5 Å². The number of ether oxygens (including phenoxy) is 1. The van der Waals surface area contributed by atoms with Crippen LogP contribution in [0.25, 0.3) is 22.3 Å². The van der Waals surface area contributed by atoms with Crippen molar-refractivity contribution in [2.45, 2.75) is 33.4 Å². The number of hydrogen-bond acceptors (Lipinski definition) is 5. The minimum absolute atomic E-state index is 0.115. The number of nitrogens with one attached hydrogen (secondary N) is 2. The summed E-state index contributed by atoms with van der Waals surface area (Å²) in [6.07, 6.45) is 1.06. The quantitative estimate of drug-likeness (QED) is 0.746. The lowest BCUT2D eigenvalue weighted by molar-refractivity contribution is -0.114. The maximum absolute atomic E-state index is 11.6. The van der Waals surface area contributed by atoms with E-state index in [4.69, 9.17) is 14.8 Å². The number of carbonyl (C=O) groups excluding carboxylic acids is 1. The molecule has 3 aromatic rings. The van der Waals surface area contributed by atoms with Crippen molar-refractivity contribution in [1.82, 2.24) is 20.1 Å². The Kier molecular flexibility index (Phi) is 4.53. The van der Waals surface area contributed by atoms with Crippen LogP contribution in [0.5, 0.6) is 5.75 Å². The Morgan fingerprint density at radius 2 is 2.15 bits per heavy atom. The van der Waals surface area contributed by atoms with Gasteiger partial charge < -0.3 is 15.4 Å². The van der Waals surface area contributed by atoms with Gasteiger partial charge in [-0.25, -0.2) is 4.98 Å². The summed E-state index contributed by atoms with van der Waals surface area (Å²) in [4.78, 5) is 16.4. The van der Waals surface area contributed by atoms with Crippen LogP contribution in [0.4, 0.5) is 5.69 Å². The van der Waals surface area contributed by atoms with Crippen molar-refractivity contribution in [2.24, 2.45) is 0 Å². The van der Waals surface area contributed by atoms with Gasteiger partial charge in [0.05, 0.1) is 24.2 Å². The fourth-order valence-electron chi connectivity index (χ4n) is 3.59. The van der Waals surface area contributed by atoms with E-state index in [1.54, 1.807) is 7.11 Å². The van der Waals surface area contributed by atoms with E-state index in [9.17, 15) is 4.79 Å². The number of benzene rings is 1. The van der Waals surface area contributed by atoms with Crippen LogP contribution in [0.3, 0.4) is 0 Å². The van der Waals surface area contributed by atoms with E-state index in [-0.39, 0.29) is 5.91 Å². The van der Waals surface area contributed by atoms with E-state index in [2.05, 4.69) is 21.4 Å². The molecule has 0 spiro atoms. The molecule has 140 valence electrons. The Morgan fingerprint density at radius 3 is 2.93 bits per heavy atom. The first-order chi connectivity index (χ1) is 13.1. The van der Waals surface area contributed by atoms with Gasteiger partial charge in [0.25, 0.3) is 0 Å². The molecule has 3 heterocycles. The van der Waals surface area contributed by atoms with Crippen molar-refractivity contribution in [3.8, 4) is 17.1 Å². The predicted octanol–water partition coefficient (Wildman–Crippen LogP) is 2.87. The third kappa shape index (κ3) is 3.26. The van der Waals surface area contributed by atoms with Gasteiger partial charge in [0, 0.05) is 25.4 Å². The largest absolute Gasteiger partial charge is 0.494 e. The highest BCUT2D eigenvalue weighted by molar-refractivity contribution is 6.04. The number of aromatic nitrogens is 3. The zero-order valence-corrected chi connectivity index (χ0v) is 15.8. The van der Waals surface area contributed by atoms with E-state index in [0.29, 0.717) is 5.75 Å². The van der Waals surface area contributed by atoms with Crippen LogP contribution in [0, 0.1) is 6.92 Å². The number of rotatable bonds is 3. The Balaban J connectivity index is 1.87. The van der Waals surface area contributed by atoms with Crippen molar-refractivity contribution in [3.63, 3.8) is 0 Å². The summed E-state index contributed by atoms with van der Waals surface area (Å²) in [6.45, 7) is 6.25. The normalized spacial score (nSPS) is 13.9. The van der Waals surface area contributed by atoms with Crippen LogP contribution in [0.2, 0.25) is 0 Å². The lowest BCUT2D eigenvalue weighted by Crippen LogP contribution is -2.11. The van der Waals surface area contributed by atoms with Crippen LogP contribution < -0.4 is 15.4 Å². The first kappa shape index (κ1) is 17.5. The van der Waals surface area contributed by atoms with Gasteiger partial charge in [-0.2, -0.15) is 5.10 Å². The molecular weight excluding hydrogens is 342 g/mol. The Bertz CT molecular complexity index is 1000. The average molecular weight is 365 g/mol. The van der Waals surface area contributed by atoms with Gasteiger partial charge in [-0.05, 0) is 49.7 Å². The van der Waals surface area contributed by atoms with Gasteiger partial charge in [0.2, 0.25) is 5.91 Å². The number of fused-ring (bicyclic) bond motifs is 2. The second-order valence-electron chi connectivity index (χ2n) is 6.82. The Labute approximate surface area is 157 Å². The second kappa shape index (κ2) is 7.00. The third-order valence-electron chi connectivity index (χ3n) is 4.81. The van der Waals surface area contributed by atoms with Crippen molar-refractivity contribution < 1.29 is 9.53 Å². The first-order valence-electron chi connectivity index (χ1n) is 9.10. The van der Waals surface area contributed by atoms with Crippen molar-refractivity contribution in [3.05, 3.63) is 35.5 Å². The molecule has 0 fully saturated rings. The third-order valence-corrected chi connectivity index (χ3v) is 4.81. The van der Waals surface area contributed by atoms with Crippen LogP contribution in [0.15, 0.2) is 24.3 Å². The van der Waals surface area contributed by atoms with E-state index >= 15 is 0 Å². The Hall–Kier alpha value is -2.93. The molecule has 2 aromatic heterocycles. The summed E-state index contributed by atoms with van der Waals surface area (Å²) < 4.78 is 7.58. The lowest BCUT2D eigenvalue weighted by Gasteiger charge is -2.13. The summed E-state index contributed by atoms with van der Waals surface area (Å²) in [5.74, 6) is 0.557. The Morgan fingerprint density at radius 1 is 1.30 bits per heavy atom. The van der Waals surface area contributed by atoms with Crippen molar-refractivity contribution in [1.29, 1.82) is 0 Å². The van der Waals surface area contributed by atoms with Gasteiger partial charge in [0.1, 0.15) is 17.0 Å². The highest BCUT2D eigenvalue weighted by Crippen LogP contribution is 2.35. The molecule has 0 radical (unpaired) electrons. The number of aryl methyl sites for hydroxylation is 2. The number of amides is 1. The SMILES string of the molecule is COc1ccc(NC(C)=O)c2c(C)cc(-c3cc4n(n3)CCCNC4)nc12. The molecule has 1 aliphatic rings. The molecule has 0 aliphatic carbocycles. The summed E-state index contributed by atoms with van der Waals surface area (Å²) in [7, 11) is 1.63. The highest BCUT2D eigenvalue weighted by atomic mass is 16.5. The predicted molar refractivity (Wildman–Crippen MR) is 105 cm³/mol. The molecule has 7 heteroatoms. The molecule has 0 saturated carbocycles. The molecule has 0 bridgehead atoms. The van der Waals surface area contributed by atoms with E-state index < -0.39 is 0 Å². The van der Waals surface area contributed by atoms with Crippen LogP contribution >= 0.6 is 0 Å². The van der Waals surface area contributed by atoms with Gasteiger partial charge in [0.15, 0.2) is 0 Å². The number of hydrogen-bond donors (Lipinski definition) is 2. The summed E-state index contributed by atoms with van der Waals surface area (Å²) in [5, 5.41) is 11.9. The maximum atomic E-state index is 11.6. The summed E-state index contributed by atoms with van der Waals surface area (Å²) >= 11 is 0. The topological polar surface area (TPSA) is 81.1 Å². The van der Waals surface area contributed by atoms with Crippen molar-refractivity contribution in [2.75, 3.05) is 19.0 Å². The minimum Gasteiger partial charge on any atom is -0.494 e. The highest BCUT2D eigenvalue weighted by Gasteiger charge is 2.17. The number of methoxy groups -OCH3 is 1. The number of nitrogens with zero attached hydrogens (tertiary/aromatic N) is 3. The molecular formula is C20H23N5O2. The maximum Gasteiger partial charge on any atom is 0.221 e. The van der Waals surface area contributed by atoms with Crippen LogP contribution in [-0.4, -0.2) is 34.3 Å². The van der Waals surface area contributed by atoms with E-state index in [1.165, 1.54) is 12.6 Å².